The molecule has 4 rings (SSSR count). The van der Waals surface area contributed by atoms with Gasteiger partial charge in [-0.05, 0) is 24.1 Å². The van der Waals surface area contributed by atoms with Gasteiger partial charge in [-0.25, -0.2) is 4.98 Å². The Morgan fingerprint density at radius 2 is 1.83 bits per heavy atom. The summed E-state index contributed by atoms with van der Waals surface area (Å²) in [5.41, 5.74) is 3.76. The van der Waals surface area contributed by atoms with Crippen molar-refractivity contribution in [3.8, 4) is 0 Å². The Bertz CT molecular complexity index is 1140. The molecule has 0 saturated carbocycles. The third-order valence-electron chi connectivity index (χ3n) is 4.66. The topological polar surface area (TPSA) is 72.2 Å². The van der Waals surface area contributed by atoms with Crippen LogP contribution in [0.3, 0.4) is 0 Å². The normalized spacial score (nSPS) is 11.4. The van der Waals surface area contributed by atoms with Crippen molar-refractivity contribution in [3.05, 3.63) is 66.0 Å². The molecule has 6 nitrogen and oxygen atoms in total. The number of thioether (sulfide) groups is 1. The molecule has 0 aliphatic carbocycles. The van der Waals surface area contributed by atoms with Gasteiger partial charge in [-0.1, -0.05) is 68.1 Å². The number of hydrogen-bond acceptors (Lipinski definition) is 5. The molecular formula is C22H23N5OS. The van der Waals surface area contributed by atoms with E-state index < -0.39 is 0 Å². The van der Waals surface area contributed by atoms with Crippen LogP contribution in [0.1, 0.15) is 31.2 Å². The first-order chi connectivity index (χ1) is 14.1. The predicted molar refractivity (Wildman–Crippen MR) is 116 cm³/mol. The molecule has 0 atom stereocenters. The van der Waals surface area contributed by atoms with Crippen LogP contribution in [-0.4, -0.2) is 37.8 Å². The van der Waals surface area contributed by atoms with Crippen molar-refractivity contribution in [2.24, 2.45) is 0 Å². The number of amides is 1. The van der Waals surface area contributed by atoms with Crippen LogP contribution in [0.15, 0.2) is 59.6 Å². The molecule has 2 heterocycles. The number of nitrogens with zero attached hydrogens (tertiary/aromatic N) is 4. The van der Waals surface area contributed by atoms with E-state index in [0.29, 0.717) is 17.9 Å². The van der Waals surface area contributed by atoms with E-state index in [-0.39, 0.29) is 11.8 Å². The zero-order valence-corrected chi connectivity index (χ0v) is 17.3. The summed E-state index contributed by atoms with van der Waals surface area (Å²) in [7, 11) is 0. The highest BCUT2D eigenvalue weighted by Gasteiger charge is 2.17. The lowest BCUT2D eigenvalue weighted by Gasteiger charge is -2.10. The van der Waals surface area contributed by atoms with E-state index in [2.05, 4.69) is 45.9 Å². The summed E-state index contributed by atoms with van der Waals surface area (Å²) < 4.78 is 2.06. The molecule has 0 bridgehead atoms. The van der Waals surface area contributed by atoms with Gasteiger partial charge >= 0.3 is 0 Å². The third-order valence-corrected chi connectivity index (χ3v) is 5.61. The second-order valence-electron chi connectivity index (χ2n) is 7.15. The number of carbonyl (C=O) groups excluding carboxylic acids is 1. The fraction of sp³-hybridized carbons (Fsp3) is 0.273. The molecule has 7 heteroatoms. The van der Waals surface area contributed by atoms with Crippen LogP contribution in [0.5, 0.6) is 0 Å². The quantitative estimate of drug-likeness (QED) is 0.473. The molecule has 0 saturated heterocycles. The average Bonchev–Trinajstić information content (AvgIpc) is 3.19. The van der Waals surface area contributed by atoms with Crippen molar-refractivity contribution >= 4 is 34.3 Å². The van der Waals surface area contributed by atoms with Crippen LogP contribution < -0.4 is 5.32 Å². The number of para-hydroxylation sites is 2. The lowest BCUT2D eigenvalue weighted by molar-refractivity contribution is -0.118. The summed E-state index contributed by atoms with van der Waals surface area (Å²) in [6.45, 7) is 4.81. The van der Waals surface area contributed by atoms with Crippen LogP contribution in [0.2, 0.25) is 0 Å². The van der Waals surface area contributed by atoms with Gasteiger partial charge in [-0.2, -0.15) is 0 Å². The first-order valence-corrected chi connectivity index (χ1v) is 10.7. The molecule has 1 N–H and O–H groups in total. The molecule has 0 radical (unpaired) electrons. The predicted octanol–water partition coefficient (Wildman–Crippen LogP) is 3.85. The van der Waals surface area contributed by atoms with E-state index in [0.717, 1.165) is 28.3 Å². The Hall–Kier alpha value is -2.93. The summed E-state index contributed by atoms with van der Waals surface area (Å²) in [5.74, 6) is 1.41. The lowest BCUT2D eigenvalue weighted by Crippen LogP contribution is -2.27. The van der Waals surface area contributed by atoms with Gasteiger partial charge in [0.15, 0.2) is 5.65 Å². The van der Waals surface area contributed by atoms with Gasteiger partial charge in [-0.15, -0.1) is 10.2 Å². The SMILES string of the molecule is CC(C)c1nnc2c(SCC(=O)NCCc3ccccc3)nc3ccccc3n12. The maximum absolute atomic E-state index is 12.3. The van der Waals surface area contributed by atoms with E-state index in [4.69, 9.17) is 4.98 Å². The Morgan fingerprint density at radius 1 is 1.07 bits per heavy atom. The maximum Gasteiger partial charge on any atom is 0.230 e. The standard InChI is InChI=1S/C22H23N5OS/c1-15(2)20-25-26-21-22(24-17-10-6-7-11-18(17)27(20)21)29-14-19(28)23-13-12-16-8-4-3-5-9-16/h3-11,15H,12-14H2,1-2H3,(H,23,28). The molecule has 148 valence electrons. The van der Waals surface area contributed by atoms with Gasteiger partial charge in [0.1, 0.15) is 10.9 Å². The molecular weight excluding hydrogens is 382 g/mol. The summed E-state index contributed by atoms with van der Waals surface area (Å²) >= 11 is 1.40. The van der Waals surface area contributed by atoms with E-state index in [9.17, 15) is 4.79 Å². The summed E-state index contributed by atoms with van der Waals surface area (Å²) in [6, 6.07) is 18.1. The van der Waals surface area contributed by atoms with Gasteiger partial charge in [-0.3, -0.25) is 9.20 Å². The van der Waals surface area contributed by atoms with Crippen LogP contribution in [0, 0.1) is 0 Å². The molecule has 2 aromatic heterocycles. The third kappa shape index (κ3) is 4.24. The fourth-order valence-electron chi connectivity index (χ4n) is 3.23. The molecule has 1 amide bonds. The Balaban J connectivity index is 1.49. The first kappa shape index (κ1) is 19.4. The minimum absolute atomic E-state index is 0.0114. The second-order valence-corrected chi connectivity index (χ2v) is 8.12. The lowest BCUT2D eigenvalue weighted by atomic mass is 10.1. The van der Waals surface area contributed by atoms with Crippen molar-refractivity contribution in [2.75, 3.05) is 12.3 Å². The van der Waals surface area contributed by atoms with Crippen molar-refractivity contribution in [1.29, 1.82) is 0 Å². The average molecular weight is 406 g/mol. The van der Waals surface area contributed by atoms with E-state index >= 15 is 0 Å². The van der Waals surface area contributed by atoms with Crippen molar-refractivity contribution in [3.63, 3.8) is 0 Å². The number of rotatable bonds is 7. The van der Waals surface area contributed by atoms with Gasteiger partial charge in [0.25, 0.3) is 0 Å². The van der Waals surface area contributed by atoms with Gasteiger partial charge in [0.05, 0.1) is 16.8 Å². The number of nitrogens with one attached hydrogen (secondary N) is 1. The summed E-state index contributed by atoms with van der Waals surface area (Å²) in [5, 5.41) is 12.4. The number of carbonyl (C=O) groups is 1. The minimum Gasteiger partial charge on any atom is -0.355 e. The first-order valence-electron chi connectivity index (χ1n) is 9.70. The smallest absolute Gasteiger partial charge is 0.230 e. The van der Waals surface area contributed by atoms with Gasteiger partial charge in [0.2, 0.25) is 5.91 Å². The van der Waals surface area contributed by atoms with E-state index in [1.807, 2.05) is 42.5 Å². The zero-order chi connectivity index (χ0) is 20.2. The maximum atomic E-state index is 12.3. The highest BCUT2D eigenvalue weighted by atomic mass is 32.2. The largest absolute Gasteiger partial charge is 0.355 e. The molecule has 2 aromatic carbocycles. The molecule has 29 heavy (non-hydrogen) atoms. The number of benzene rings is 2. The minimum atomic E-state index is -0.0114. The Kier molecular flexibility index (Phi) is 5.76. The molecule has 4 aromatic rings. The highest BCUT2D eigenvalue weighted by molar-refractivity contribution is 8.00. The number of hydrogen-bond donors (Lipinski definition) is 1. The Morgan fingerprint density at radius 3 is 2.62 bits per heavy atom. The summed E-state index contributed by atoms with van der Waals surface area (Å²) in [6.07, 6.45) is 0.817. The fourth-order valence-corrected chi connectivity index (χ4v) is 4.02. The molecule has 0 aliphatic heterocycles. The zero-order valence-electron chi connectivity index (χ0n) is 16.5. The monoisotopic (exact) mass is 405 g/mol. The Labute approximate surface area is 173 Å². The second kappa shape index (κ2) is 8.61. The van der Waals surface area contributed by atoms with Gasteiger partial charge in [0, 0.05) is 12.5 Å². The van der Waals surface area contributed by atoms with Crippen molar-refractivity contribution < 1.29 is 4.79 Å². The molecule has 0 aliphatic rings. The van der Waals surface area contributed by atoms with Crippen molar-refractivity contribution in [1.82, 2.24) is 24.9 Å². The van der Waals surface area contributed by atoms with Crippen LogP contribution in [-0.2, 0) is 11.2 Å². The molecule has 0 spiro atoms. The van der Waals surface area contributed by atoms with Crippen molar-refractivity contribution in [2.45, 2.75) is 31.2 Å². The van der Waals surface area contributed by atoms with Crippen LogP contribution in [0.25, 0.3) is 16.7 Å². The van der Waals surface area contributed by atoms with Gasteiger partial charge < -0.3 is 5.32 Å². The number of fused-ring (bicyclic) bond motifs is 3. The van der Waals surface area contributed by atoms with E-state index in [1.165, 1.54) is 17.3 Å². The number of aromatic nitrogens is 4. The summed E-state index contributed by atoms with van der Waals surface area (Å²) in [4.78, 5) is 17.1. The van der Waals surface area contributed by atoms with Crippen LogP contribution in [0.4, 0.5) is 0 Å². The molecule has 0 fully saturated rings. The molecule has 0 unspecified atom stereocenters. The van der Waals surface area contributed by atoms with Crippen LogP contribution >= 0.6 is 11.8 Å². The highest BCUT2D eigenvalue weighted by Crippen LogP contribution is 2.27. The van der Waals surface area contributed by atoms with E-state index in [1.54, 1.807) is 0 Å².